The zero-order valence-electron chi connectivity index (χ0n) is 7.95. The van der Waals surface area contributed by atoms with Crippen molar-refractivity contribution in [3.63, 3.8) is 0 Å². The summed E-state index contributed by atoms with van der Waals surface area (Å²) < 4.78 is 0. The maximum Gasteiger partial charge on any atom is 0.290 e. The summed E-state index contributed by atoms with van der Waals surface area (Å²) in [6.45, 7) is 2.83. The second-order valence-corrected chi connectivity index (χ2v) is 4.15. The highest BCUT2D eigenvalue weighted by Crippen LogP contribution is 2.31. The van der Waals surface area contributed by atoms with Gasteiger partial charge in [0.2, 0.25) is 5.78 Å². The summed E-state index contributed by atoms with van der Waals surface area (Å²) in [6.07, 6.45) is 3.91. The van der Waals surface area contributed by atoms with Gasteiger partial charge in [0.1, 0.15) is 0 Å². The Morgan fingerprint density at radius 1 is 1.31 bits per heavy atom. The van der Waals surface area contributed by atoms with Gasteiger partial charge < -0.3 is 4.90 Å². The highest BCUT2D eigenvalue weighted by atomic mass is 16.2. The Balaban J connectivity index is 2.09. The maximum absolute atomic E-state index is 11.4. The van der Waals surface area contributed by atoms with E-state index in [2.05, 4.69) is 6.92 Å². The van der Waals surface area contributed by atoms with Crippen LogP contribution in [0, 0.1) is 5.92 Å². The van der Waals surface area contributed by atoms with Crippen LogP contribution >= 0.6 is 0 Å². The Morgan fingerprint density at radius 3 is 2.54 bits per heavy atom. The van der Waals surface area contributed by atoms with E-state index in [0.29, 0.717) is 24.9 Å². The molecule has 0 bridgehead atoms. The molecule has 0 radical (unpaired) electrons. The van der Waals surface area contributed by atoms with E-state index in [-0.39, 0.29) is 11.7 Å². The molecule has 2 rings (SSSR count). The average Bonchev–Trinajstić information content (AvgIpc) is 2.62. The lowest BCUT2D eigenvalue weighted by Gasteiger charge is -2.26. The third-order valence-corrected chi connectivity index (χ3v) is 3.30. The Hall–Kier alpha value is -0.860. The van der Waals surface area contributed by atoms with Crippen molar-refractivity contribution >= 4 is 11.7 Å². The molecular weight excluding hydrogens is 166 g/mol. The first-order valence-electron chi connectivity index (χ1n) is 5.04. The standard InChI is InChI=1S/C10H15NO2/c1-7-3-2-4-8(7)11-6-5-9(12)10(11)13/h7-8H,2-6H2,1H3. The minimum absolute atomic E-state index is 0.195. The summed E-state index contributed by atoms with van der Waals surface area (Å²) in [4.78, 5) is 24.3. The van der Waals surface area contributed by atoms with Crippen LogP contribution in [0.15, 0.2) is 0 Å². The van der Waals surface area contributed by atoms with Gasteiger partial charge in [0.15, 0.2) is 0 Å². The molecule has 1 amide bonds. The molecule has 72 valence electrons. The van der Waals surface area contributed by atoms with Gasteiger partial charge in [0, 0.05) is 19.0 Å². The molecule has 13 heavy (non-hydrogen) atoms. The number of hydrogen-bond acceptors (Lipinski definition) is 2. The van der Waals surface area contributed by atoms with Gasteiger partial charge >= 0.3 is 0 Å². The van der Waals surface area contributed by atoms with Gasteiger partial charge in [-0.2, -0.15) is 0 Å². The number of ketones is 1. The lowest BCUT2D eigenvalue weighted by Crippen LogP contribution is -2.39. The average molecular weight is 181 g/mol. The summed E-state index contributed by atoms with van der Waals surface area (Å²) in [5.41, 5.74) is 0. The van der Waals surface area contributed by atoms with Crippen LogP contribution in [-0.4, -0.2) is 29.2 Å². The van der Waals surface area contributed by atoms with Gasteiger partial charge in [-0.3, -0.25) is 9.59 Å². The Kier molecular flexibility index (Phi) is 2.10. The zero-order valence-corrected chi connectivity index (χ0v) is 7.95. The van der Waals surface area contributed by atoms with E-state index in [1.165, 1.54) is 12.8 Å². The van der Waals surface area contributed by atoms with Gasteiger partial charge in [-0.05, 0) is 18.8 Å². The van der Waals surface area contributed by atoms with E-state index < -0.39 is 0 Å². The Bertz CT molecular complexity index is 249. The normalized spacial score (nSPS) is 34.7. The molecule has 2 aliphatic rings. The van der Waals surface area contributed by atoms with Crippen LogP contribution in [0.2, 0.25) is 0 Å². The first-order chi connectivity index (χ1) is 6.20. The predicted octanol–water partition coefficient (Wildman–Crippen LogP) is 0.976. The fourth-order valence-electron chi connectivity index (χ4n) is 2.50. The number of rotatable bonds is 1. The summed E-state index contributed by atoms with van der Waals surface area (Å²) in [5, 5.41) is 0. The quantitative estimate of drug-likeness (QED) is 0.565. The number of carbonyl (C=O) groups is 2. The third kappa shape index (κ3) is 1.36. The minimum atomic E-state index is -0.237. The molecular formula is C10H15NO2. The summed E-state index contributed by atoms with van der Waals surface area (Å²) in [7, 11) is 0. The largest absolute Gasteiger partial charge is 0.332 e. The molecule has 1 heterocycles. The minimum Gasteiger partial charge on any atom is -0.332 e. The first kappa shape index (κ1) is 8.73. The first-order valence-corrected chi connectivity index (χ1v) is 5.04. The van der Waals surface area contributed by atoms with Crippen molar-refractivity contribution in [1.82, 2.24) is 4.90 Å². The second-order valence-electron chi connectivity index (χ2n) is 4.15. The number of likely N-dealkylation sites (tertiary alicyclic amines) is 1. The van der Waals surface area contributed by atoms with Crippen LogP contribution in [0.3, 0.4) is 0 Å². The fraction of sp³-hybridized carbons (Fsp3) is 0.800. The van der Waals surface area contributed by atoms with Crippen LogP contribution in [0.5, 0.6) is 0 Å². The van der Waals surface area contributed by atoms with Crippen molar-refractivity contribution in [3.05, 3.63) is 0 Å². The molecule has 0 N–H and O–H groups in total. The third-order valence-electron chi connectivity index (χ3n) is 3.30. The summed E-state index contributed by atoms with van der Waals surface area (Å²) in [5.74, 6) is 0.146. The molecule has 3 heteroatoms. The lowest BCUT2D eigenvalue weighted by atomic mass is 10.1. The van der Waals surface area contributed by atoms with Crippen LogP contribution in [-0.2, 0) is 9.59 Å². The van der Waals surface area contributed by atoms with Crippen LogP contribution in [0.4, 0.5) is 0 Å². The van der Waals surface area contributed by atoms with E-state index >= 15 is 0 Å². The number of nitrogens with zero attached hydrogens (tertiary/aromatic N) is 1. The van der Waals surface area contributed by atoms with Crippen LogP contribution < -0.4 is 0 Å². The number of hydrogen-bond donors (Lipinski definition) is 0. The molecule has 0 aromatic carbocycles. The van der Waals surface area contributed by atoms with Gasteiger partial charge in [-0.25, -0.2) is 0 Å². The van der Waals surface area contributed by atoms with E-state index in [1.54, 1.807) is 4.90 Å². The van der Waals surface area contributed by atoms with E-state index in [4.69, 9.17) is 0 Å². The van der Waals surface area contributed by atoms with Crippen LogP contribution in [0.1, 0.15) is 32.6 Å². The second kappa shape index (κ2) is 3.13. The molecule has 0 aromatic heterocycles. The molecule has 2 fully saturated rings. The van der Waals surface area contributed by atoms with Gasteiger partial charge in [-0.1, -0.05) is 13.3 Å². The topological polar surface area (TPSA) is 37.4 Å². The number of Topliss-reactive ketones (excluding diaryl/α,β-unsaturated/α-hetero) is 1. The predicted molar refractivity (Wildman–Crippen MR) is 48.1 cm³/mol. The SMILES string of the molecule is CC1CCCC1N1CCC(=O)C1=O. The van der Waals surface area contributed by atoms with E-state index in [1.807, 2.05) is 0 Å². The molecule has 0 spiro atoms. The van der Waals surface area contributed by atoms with Crippen molar-refractivity contribution in [2.45, 2.75) is 38.6 Å². The molecule has 2 unspecified atom stereocenters. The monoisotopic (exact) mass is 181 g/mol. The smallest absolute Gasteiger partial charge is 0.290 e. The van der Waals surface area contributed by atoms with E-state index in [9.17, 15) is 9.59 Å². The van der Waals surface area contributed by atoms with Crippen molar-refractivity contribution in [1.29, 1.82) is 0 Å². The number of carbonyl (C=O) groups excluding carboxylic acids is 2. The van der Waals surface area contributed by atoms with Crippen LogP contribution in [0.25, 0.3) is 0 Å². The molecule has 3 nitrogen and oxygen atoms in total. The van der Waals surface area contributed by atoms with Gasteiger partial charge in [0.05, 0.1) is 0 Å². The zero-order chi connectivity index (χ0) is 9.42. The van der Waals surface area contributed by atoms with Crippen molar-refractivity contribution in [2.24, 2.45) is 5.92 Å². The maximum atomic E-state index is 11.4. The van der Waals surface area contributed by atoms with Crippen molar-refractivity contribution in [2.75, 3.05) is 6.54 Å². The highest BCUT2D eigenvalue weighted by Gasteiger charge is 2.38. The molecule has 0 aromatic rings. The molecule has 2 atom stereocenters. The summed E-state index contributed by atoms with van der Waals surface area (Å²) >= 11 is 0. The molecule has 1 saturated carbocycles. The Labute approximate surface area is 78.1 Å². The Morgan fingerprint density at radius 2 is 2.08 bits per heavy atom. The molecule has 1 saturated heterocycles. The summed E-state index contributed by atoms with van der Waals surface area (Å²) in [6, 6.07) is 0.346. The van der Waals surface area contributed by atoms with E-state index in [0.717, 1.165) is 6.42 Å². The van der Waals surface area contributed by atoms with Crippen molar-refractivity contribution in [3.8, 4) is 0 Å². The van der Waals surface area contributed by atoms with Gasteiger partial charge in [0.25, 0.3) is 5.91 Å². The fourth-order valence-corrected chi connectivity index (χ4v) is 2.50. The van der Waals surface area contributed by atoms with Gasteiger partial charge in [-0.15, -0.1) is 0 Å². The number of amides is 1. The molecule has 1 aliphatic heterocycles. The van der Waals surface area contributed by atoms with Crippen molar-refractivity contribution < 1.29 is 9.59 Å². The highest BCUT2D eigenvalue weighted by molar-refractivity contribution is 6.37. The lowest BCUT2D eigenvalue weighted by molar-refractivity contribution is -0.141. The molecule has 1 aliphatic carbocycles.